The van der Waals surface area contributed by atoms with E-state index in [-0.39, 0.29) is 5.91 Å². The minimum absolute atomic E-state index is 0.262. The number of rotatable bonds is 2. The van der Waals surface area contributed by atoms with Crippen molar-refractivity contribution in [3.05, 3.63) is 71.1 Å². The van der Waals surface area contributed by atoms with Gasteiger partial charge in [-0.25, -0.2) is 0 Å². The molecule has 0 spiro atoms. The van der Waals surface area contributed by atoms with Crippen molar-refractivity contribution in [1.82, 2.24) is 4.98 Å². The van der Waals surface area contributed by atoms with E-state index >= 15 is 0 Å². The first-order valence-electron chi connectivity index (χ1n) is 8.20. The third kappa shape index (κ3) is 2.56. The van der Waals surface area contributed by atoms with E-state index < -0.39 is 0 Å². The molecule has 2 aromatic heterocycles. The fourth-order valence-electron chi connectivity index (χ4n) is 3.08. The van der Waals surface area contributed by atoms with Crippen molar-refractivity contribution in [2.75, 3.05) is 5.32 Å². The minimum atomic E-state index is -0.262. The van der Waals surface area contributed by atoms with E-state index in [1.165, 1.54) is 5.56 Å². The van der Waals surface area contributed by atoms with Gasteiger partial charge in [0.15, 0.2) is 5.76 Å². The first kappa shape index (κ1) is 15.4. The van der Waals surface area contributed by atoms with E-state index in [1.54, 1.807) is 6.20 Å². The van der Waals surface area contributed by atoms with E-state index in [2.05, 4.69) is 23.3 Å². The standard InChI is InChI=1S/C21H18N2O2/c1-12-10-16-14(3)20(25-18(16)11-13(12)2)21(24)23-17-8-4-6-15-7-5-9-22-19(15)17/h4-11H,1-3H3,(H,23,24). The van der Waals surface area contributed by atoms with Crippen LogP contribution in [0, 0.1) is 20.8 Å². The first-order valence-corrected chi connectivity index (χ1v) is 8.20. The molecule has 0 saturated heterocycles. The maximum Gasteiger partial charge on any atom is 0.291 e. The Hall–Kier alpha value is -3.14. The van der Waals surface area contributed by atoms with Crippen molar-refractivity contribution in [3.63, 3.8) is 0 Å². The summed E-state index contributed by atoms with van der Waals surface area (Å²) in [7, 11) is 0. The molecular formula is C21H18N2O2. The lowest BCUT2D eigenvalue weighted by Gasteiger charge is -2.07. The molecule has 1 N–H and O–H groups in total. The molecule has 4 heteroatoms. The Labute approximate surface area is 145 Å². The molecule has 4 aromatic rings. The number of hydrogen-bond donors (Lipinski definition) is 1. The number of furan rings is 1. The molecule has 4 nitrogen and oxygen atoms in total. The van der Waals surface area contributed by atoms with Crippen LogP contribution in [0.2, 0.25) is 0 Å². The first-order chi connectivity index (χ1) is 12.0. The van der Waals surface area contributed by atoms with Gasteiger partial charge >= 0.3 is 0 Å². The third-order valence-electron chi connectivity index (χ3n) is 4.64. The summed E-state index contributed by atoms with van der Waals surface area (Å²) in [6, 6.07) is 13.6. The average molecular weight is 330 g/mol. The highest BCUT2D eigenvalue weighted by Gasteiger charge is 2.19. The highest BCUT2D eigenvalue weighted by molar-refractivity contribution is 6.09. The Kier molecular flexibility index (Phi) is 3.53. The fourth-order valence-corrected chi connectivity index (χ4v) is 3.08. The van der Waals surface area contributed by atoms with Crippen LogP contribution in [0.25, 0.3) is 21.9 Å². The average Bonchev–Trinajstić information content (AvgIpc) is 2.92. The van der Waals surface area contributed by atoms with Crippen molar-refractivity contribution in [2.24, 2.45) is 0 Å². The van der Waals surface area contributed by atoms with Crippen molar-refractivity contribution >= 4 is 33.5 Å². The monoisotopic (exact) mass is 330 g/mol. The minimum Gasteiger partial charge on any atom is -0.451 e. The molecule has 0 saturated carbocycles. The number of amides is 1. The van der Waals surface area contributed by atoms with Crippen LogP contribution >= 0.6 is 0 Å². The zero-order valence-electron chi connectivity index (χ0n) is 14.4. The van der Waals surface area contributed by atoms with Crippen molar-refractivity contribution in [1.29, 1.82) is 0 Å². The van der Waals surface area contributed by atoms with Crippen LogP contribution in [0.1, 0.15) is 27.2 Å². The molecule has 2 heterocycles. The van der Waals surface area contributed by atoms with Gasteiger partial charge in [-0.15, -0.1) is 0 Å². The summed E-state index contributed by atoms with van der Waals surface area (Å²) in [5.74, 6) is 0.0788. The fraction of sp³-hybridized carbons (Fsp3) is 0.143. The lowest BCUT2D eigenvalue weighted by atomic mass is 10.0. The number of nitrogens with zero attached hydrogens (tertiary/aromatic N) is 1. The number of aromatic nitrogens is 1. The molecule has 0 aliphatic rings. The van der Waals surface area contributed by atoms with E-state index in [9.17, 15) is 4.79 Å². The summed E-state index contributed by atoms with van der Waals surface area (Å²) in [6.07, 6.45) is 1.72. The summed E-state index contributed by atoms with van der Waals surface area (Å²) in [5.41, 5.74) is 5.35. The number of carbonyl (C=O) groups is 1. The maximum atomic E-state index is 12.8. The third-order valence-corrected chi connectivity index (χ3v) is 4.64. The van der Waals surface area contributed by atoms with Crippen LogP contribution in [-0.2, 0) is 0 Å². The van der Waals surface area contributed by atoms with Gasteiger partial charge < -0.3 is 9.73 Å². The zero-order chi connectivity index (χ0) is 17.6. The SMILES string of the molecule is Cc1cc2oc(C(=O)Nc3cccc4cccnc34)c(C)c2cc1C. The zero-order valence-corrected chi connectivity index (χ0v) is 14.4. The second kappa shape index (κ2) is 5.74. The van der Waals surface area contributed by atoms with Gasteiger partial charge in [-0.3, -0.25) is 9.78 Å². The van der Waals surface area contributed by atoms with Gasteiger partial charge in [-0.1, -0.05) is 18.2 Å². The molecule has 0 aliphatic carbocycles. The van der Waals surface area contributed by atoms with Gasteiger partial charge in [0.05, 0.1) is 11.2 Å². The highest BCUT2D eigenvalue weighted by atomic mass is 16.3. The Morgan fingerprint density at radius 1 is 1.04 bits per heavy atom. The molecule has 25 heavy (non-hydrogen) atoms. The van der Waals surface area contributed by atoms with E-state index in [0.717, 1.165) is 33.0 Å². The van der Waals surface area contributed by atoms with Crippen LogP contribution in [0.15, 0.2) is 53.1 Å². The molecule has 0 atom stereocenters. The summed E-state index contributed by atoms with van der Waals surface area (Å²) in [6.45, 7) is 6.01. The van der Waals surface area contributed by atoms with Crippen LogP contribution in [-0.4, -0.2) is 10.9 Å². The second-order valence-corrected chi connectivity index (χ2v) is 6.32. The molecule has 4 rings (SSSR count). The number of pyridine rings is 1. The summed E-state index contributed by atoms with van der Waals surface area (Å²) in [4.78, 5) is 17.2. The van der Waals surface area contributed by atoms with E-state index in [4.69, 9.17) is 4.42 Å². The molecule has 0 unspecified atom stereocenters. The summed E-state index contributed by atoms with van der Waals surface area (Å²) < 4.78 is 5.85. The number of aryl methyl sites for hydroxylation is 3. The Bertz CT molecular complexity index is 1120. The molecule has 0 bridgehead atoms. The smallest absolute Gasteiger partial charge is 0.291 e. The molecule has 124 valence electrons. The Balaban J connectivity index is 1.76. The number of fused-ring (bicyclic) bond motifs is 2. The Morgan fingerprint density at radius 2 is 1.80 bits per heavy atom. The predicted molar refractivity (Wildman–Crippen MR) is 100 cm³/mol. The van der Waals surface area contributed by atoms with E-state index in [1.807, 2.05) is 50.2 Å². The van der Waals surface area contributed by atoms with Crippen LogP contribution in [0.4, 0.5) is 5.69 Å². The number of carbonyl (C=O) groups excluding carboxylic acids is 1. The second-order valence-electron chi connectivity index (χ2n) is 6.32. The largest absolute Gasteiger partial charge is 0.451 e. The van der Waals surface area contributed by atoms with Gasteiger partial charge in [0, 0.05) is 22.5 Å². The number of benzene rings is 2. The Morgan fingerprint density at radius 3 is 2.64 bits per heavy atom. The maximum absolute atomic E-state index is 12.8. The van der Waals surface area contributed by atoms with Crippen molar-refractivity contribution in [3.8, 4) is 0 Å². The predicted octanol–water partition coefficient (Wildman–Crippen LogP) is 5.16. The lowest BCUT2D eigenvalue weighted by Crippen LogP contribution is -2.12. The number of nitrogens with one attached hydrogen (secondary N) is 1. The van der Waals surface area contributed by atoms with Gasteiger partial charge in [-0.05, 0) is 56.2 Å². The molecule has 0 radical (unpaired) electrons. The summed E-state index contributed by atoms with van der Waals surface area (Å²) in [5, 5.41) is 4.89. The molecular weight excluding hydrogens is 312 g/mol. The van der Waals surface area contributed by atoms with Gasteiger partial charge in [0.2, 0.25) is 0 Å². The number of anilines is 1. The molecule has 0 aliphatic heterocycles. The van der Waals surface area contributed by atoms with Gasteiger partial charge in [-0.2, -0.15) is 0 Å². The van der Waals surface area contributed by atoms with E-state index in [0.29, 0.717) is 11.4 Å². The summed E-state index contributed by atoms with van der Waals surface area (Å²) >= 11 is 0. The van der Waals surface area contributed by atoms with Crippen molar-refractivity contribution in [2.45, 2.75) is 20.8 Å². The van der Waals surface area contributed by atoms with Crippen LogP contribution in [0.3, 0.4) is 0 Å². The molecule has 0 fully saturated rings. The number of hydrogen-bond acceptors (Lipinski definition) is 3. The highest BCUT2D eigenvalue weighted by Crippen LogP contribution is 2.29. The molecule has 1 amide bonds. The lowest BCUT2D eigenvalue weighted by molar-refractivity contribution is 0.0998. The van der Waals surface area contributed by atoms with Gasteiger partial charge in [0.1, 0.15) is 5.58 Å². The van der Waals surface area contributed by atoms with Crippen LogP contribution < -0.4 is 5.32 Å². The van der Waals surface area contributed by atoms with Gasteiger partial charge in [0.25, 0.3) is 5.91 Å². The van der Waals surface area contributed by atoms with Crippen LogP contribution in [0.5, 0.6) is 0 Å². The quantitative estimate of drug-likeness (QED) is 0.552. The molecule has 2 aromatic carbocycles. The van der Waals surface area contributed by atoms with Crippen molar-refractivity contribution < 1.29 is 9.21 Å². The number of para-hydroxylation sites is 1. The topological polar surface area (TPSA) is 55.1 Å². The normalized spacial score (nSPS) is 11.2.